The minimum absolute atomic E-state index is 0.0812. The molecule has 1 aliphatic rings. The second-order valence-electron chi connectivity index (χ2n) is 6.72. The number of benzene rings is 1. The molecule has 0 aliphatic carbocycles. The molecule has 30 heavy (non-hydrogen) atoms. The molecule has 3 aromatic rings. The van der Waals surface area contributed by atoms with Crippen molar-refractivity contribution in [1.29, 1.82) is 5.26 Å². The van der Waals surface area contributed by atoms with Gasteiger partial charge in [-0.05, 0) is 33.1 Å². The Morgan fingerprint density at radius 2 is 2.13 bits per heavy atom. The van der Waals surface area contributed by atoms with Crippen LogP contribution in [0.1, 0.15) is 12.0 Å². The predicted molar refractivity (Wildman–Crippen MR) is 113 cm³/mol. The van der Waals surface area contributed by atoms with E-state index in [1.54, 1.807) is 15.6 Å². The first kappa shape index (κ1) is 20.4. The lowest BCUT2D eigenvalue weighted by Crippen LogP contribution is -2.55. The van der Waals surface area contributed by atoms with Gasteiger partial charge in [0.2, 0.25) is 5.28 Å². The second-order valence-corrected chi connectivity index (χ2v) is 7.87. The highest BCUT2D eigenvalue weighted by Gasteiger charge is 2.33. The number of ether oxygens (including phenoxy) is 1. The molecule has 1 aromatic carbocycles. The summed E-state index contributed by atoms with van der Waals surface area (Å²) in [5, 5.41) is 13.5. The smallest absolute Gasteiger partial charge is 0.410 e. The van der Waals surface area contributed by atoms with Crippen LogP contribution in [-0.2, 0) is 11.3 Å². The highest BCUT2D eigenvalue weighted by Crippen LogP contribution is 2.26. The zero-order chi connectivity index (χ0) is 21.1. The van der Waals surface area contributed by atoms with E-state index in [9.17, 15) is 10.1 Å². The van der Waals surface area contributed by atoms with Crippen LogP contribution in [0.4, 0.5) is 10.6 Å². The Morgan fingerprint density at radius 1 is 1.33 bits per heavy atom. The normalized spacial score (nSPS) is 16.5. The van der Waals surface area contributed by atoms with Crippen LogP contribution in [0.5, 0.6) is 0 Å². The Balaban J connectivity index is 1.51. The van der Waals surface area contributed by atoms with E-state index in [1.165, 1.54) is 0 Å². The summed E-state index contributed by atoms with van der Waals surface area (Å²) in [5.74, 6) is 0.556. The molecular formula is C19H17BrClN7O2. The molecule has 11 heteroatoms. The number of carbonyl (C=O) groups is 1. The number of halogens is 2. The quantitative estimate of drug-likeness (QED) is 0.553. The number of amides is 1. The molecule has 1 saturated heterocycles. The molecular weight excluding hydrogens is 474 g/mol. The van der Waals surface area contributed by atoms with Crippen LogP contribution >= 0.6 is 27.5 Å². The lowest BCUT2D eigenvalue weighted by atomic mass is 10.1. The molecule has 0 unspecified atom stereocenters. The number of nitrogens with zero attached hydrogens (tertiary/aromatic N) is 7. The molecule has 1 atom stereocenters. The van der Waals surface area contributed by atoms with Crippen molar-refractivity contribution >= 4 is 45.1 Å². The average Bonchev–Trinajstić information content (AvgIpc) is 3.13. The van der Waals surface area contributed by atoms with Gasteiger partial charge in [-0.25, -0.2) is 14.3 Å². The van der Waals surface area contributed by atoms with Crippen molar-refractivity contribution < 1.29 is 9.53 Å². The number of nitriles is 1. The Morgan fingerprint density at radius 3 is 2.90 bits per heavy atom. The van der Waals surface area contributed by atoms with Crippen molar-refractivity contribution in [1.82, 2.24) is 24.5 Å². The SMILES string of the molecule is N#CC[C@H]1CN(c2nc(Cl)nn3c(Br)cnc23)CCN1C(=O)OCc1ccccc1. The summed E-state index contributed by atoms with van der Waals surface area (Å²) in [4.78, 5) is 24.9. The lowest BCUT2D eigenvalue weighted by molar-refractivity contribution is 0.0768. The molecule has 0 N–H and O–H groups in total. The fraction of sp³-hybridized carbons (Fsp3) is 0.316. The summed E-state index contributed by atoms with van der Waals surface area (Å²) in [7, 11) is 0. The fourth-order valence-electron chi connectivity index (χ4n) is 3.40. The van der Waals surface area contributed by atoms with Crippen molar-refractivity contribution in [2.24, 2.45) is 0 Å². The monoisotopic (exact) mass is 489 g/mol. The van der Waals surface area contributed by atoms with E-state index in [2.05, 4.69) is 37.1 Å². The minimum atomic E-state index is -0.437. The predicted octanol–water partition coefficient (Wildman–Crippen LogP) is 3.28. The summed E-state index contributed by atoms with van der Waals surface area (Å²) in [6.45, 7) is 1.47. The highest BCUT2D eigenvalue weighted by molar-refractivity contribution is 9.10. The minimum Gasteiger partial charge on any atom is -0.445 e. The van der Waals surface area contributed by atoms with Gasteiger partial charge in [-0.3, -0.25) is 0 Å². The zero-order valence-electron chi connectivity index (χ0n) is 15.8. The van der Waals surface area contributed by atoms with Crippen molar-refractivity contribution in [2.75, 3.05) is 24.5 Å². The van der Waals surface area contributed by atoms with Crippen LogP contribution in [0.15, 0.2) is 41.1 Å². The summed E-state index contributed by atoms with van der Waals surface area (Å²) in [6, 6.07) is 11.3. The van der Waals surface area contributed by atoms with Crippen molar-refractivity contribution in [3.63, 3.8) is 0 Å². The maximum absolute atomic E-state index is 12.7. The van der Waals surface area contributed by atoms with E-state index >= 15 is 0 Å². The summed E-state index contributed by atoms with van der Waals surface area (Å²) >= 11 is 9.47. The number of carbonyl (C=O) groups excluding carboxylic acids is 1. The Kier molecular flexibility index (Phi) is 6.01. The van der Waals surface area contributed by atoms with E-state index in [-0.39, 0.29) is 24.4 Å². The van der Waals surface area contributed by atoms with E-state index < -0.39 is 6.09 Å². The van der Waals surface area contributed by atoms with Gasteiger partial charge in [0.05, 0.1) is 24.7 Å². The molecule has 9 nitrogen and oxygen atoms in total. The molecule has 1 fully saturated rings. The van der Waals surface area contributed by atoms with Gasteiger partial charge in [-0.15, -0.1) is 5.10 Å². The van der Waals surface area contributed by atoms with Gasteiger partial charge < -0.3 is 14.5 Å². The first-order chi connectivity index (χ1) is 14.6. The van der Waals surface area contributed by atoms with Crippen LogP contribution in [0.2, 0.25) is 5.28 Å². The maximum Gasteiger partial charge on any atom is 0.410 e. The highest BCUT2D eigenvalue weighted by atomic mass is 79.9. The molecule has 0 spiro atoms. The molecule has 4 rings (SSSR count). The second kappa shape index (κ2) is 8.85. The third kappa shape index (κ3) is 4.17. The number of aromatic nitrogens is 4. The molecule has 1 amide bonds. The standard InChI is InChI=1S/C19H17BrClN7O2/c20-15-10-23-16-17(24-18(21)25-28(15)16)26-8-9-27(14(11-26)6-7-22)19(29)30-12-13-4-2-1-3-5-13/h1-5,10,14H,6,8-9,11-12H2/t14-/m0/s1. The largest absolute Gasteiger partial charge is 0.445 e. The molecule has 0 bridgehead atoms. The number of hydrogen-bond acceptors (Lipinski definition) is 7. The molecule has 1 aliphatic heterocycles. The number of fused-ring (bicyclic) bond motifs is 1. The Hall–Kier alpha value is -2.90. The summed E-state index contributed by atoms with van der Waals surface area (Å²) in [6.07, 6.45) is 1.35. The van der Waals surface area contributed by atoms with Crippen molar-refractivity contribution in [2.45, 2.75) is 19.1 Å². The third-order valence-corrected chi connectivity index (χ3v) is 5.53. The van der Waals surface area contributed by atoms with Crippen molar-refractivity contribution in [3.8, 4) is 6.07 Å². The zero-order valence-corrected chi connectivity index (χ0v) is 18.1. The van der Waals surface area contributed by atoms with Gasteiger partial charge in [0.1, 0.15) is 11.2 Å². The van der Waals surface area contributed by atoms with E-state index in [1.807, 2.05) is 35.2 Å². The fourth-order valence-corrected chi connectivity index (χ4v) is 3.90. The number of hydrogen-bond donors (Lipinski definition) is 0. The molecule has 3 heterocycles. The lowest BCUT2D eigenvalue weighted by Gasteiger charge is -2.40. The van der Waals surface area contributed by atoms with E-state index in [0.717, 1.165) is 5.56 Å². The van der Waals surface area contributed by atoms with Crippen LogP contribution < -0.4 is 4.90 Å². The topological polar surface area (TPSA) is 99.6 Å². The summed E-state index contributed by atoms with van der Waals surface area (Å²) in [5.41, 5.74) is 1.45. The molecule has 154 valence electrons. The van der Waals surface area contributed by atoms with Gasteiger partial charge in [0.15, 0.2) is 11.5 Å². The van der Waals surface area contributed by atoms with Gasteiger partial charge in [-0.2, -0.15) is 10.2 Å². The van der Waals surface area contributed by atoms with Gasteiger partial charge in [-0.1, -0.05) is 30.3 Å². The third-order valence-electron chi connectivity index (χ3n) is 4.83. The number of rotatable bonds is 4. The molecule has 0 radical (unpaired) electrons. The van der Waals surface area contributed by atoms with Crippen LogP contribution in [0, 0.1) is 11.3 Å². The molecule has 2 aromatic heterocycles. The van der Waals surface area contributed by atoms with Gasteiger partial charge in [0, 0.05) is 19.6 Å². The van der Waals surface area contributed by atoms with Crippen LogP contribution in [-0.4, -0.2) is 56.3 Å². The van der Waals surface area contributed by atoms with Crippen LogP contribution in [0.3, 0.4) is 0 Å². The first-order valence-corrected chi connectivity index (χ1v) is 10.4. The average molecular weight is 491 g/mol. The van der Waals surface area contributed by atoms with Gasteiger partial charge in [0.25, 0.3) is 0 Å². The maximum atomic E-state index is 12.7. The van der Waals surface area contributed by atoms with E-state index in [0.29, 0.717) is 35.7 Å². The first-order valence-electron chi connectivity index (χ1n) is 9.23. The van der Waals surface area contributed by atoms with Crippen LogP contribution in [0.25, 0.3) is 5.65 Å². The Labute approximate surface area is 186 Å². The number of imidazole rings is 1. The Bertz CT molecular complexity index is 1100. The molecule has 0 saturated carbocycles. The number of piperazine rings is 1. The van der Waals surface area contributed by atoms with Crippen molar-refractivity contribution in [3.05, 3.63) is 52.0 Å². The van der Waals surface area contributed by atoms with Gasteiger partial charge >= 0.3 is 6.09 Å². The van der Waals surface area contributed by atoms with E-state index in [4.69, 9.17) is 16.3 Å². The number of anilines is 1. The summed E-state index contributed by atoms with van der Waals surface area (Å²) < 4.78 is 7.68.